The van der Waals surface area contributed by atoms with Gasteiger partial charge in [0.15, 0.2) is 0 Å². The van der Waals surface area contributed by atoms with E-state index in [0.29, 0.717) is 17.8 Å². The second-order valence-electron chi connectivity index (χ2n) is 5.17. The minimum Gasteiger partial charge on any atom is -0.363 e. The predicted octanol–water partition coefficient (Wildman–Crippen LogP) is 2.36. The summed E-state index contributed by atoms with van der Waals surface area (Å²) in [6, 6.07) is 2.81. The summed E-state index contributed by atoms with van der Waals surface area (Å²) in [6.07, 6.45) is 1.57. The molecule has 2 N–H and O–H groups in total. The van der Waals surface area contributed by atoms with E-state index in [2.05, 4.69) is 0 Å². The summed E-state index contributed by atoms with van der Waals surface area (Å²) < 4.78 is 13.5. The van der Waals surface area contributed by atoms with Gasteiger partial charge in [0.1, 0.15) is 11.5 Å². The first-order chi connectivity index (χ1) is 8.90. The highest BCUT2D eigenvalue weighted by Gasteiger charge is 2.29. The van der Waals surface area contributed by atoms with Gasteiger partial charge in [0.25, 0.3) is 5.69 Å². The van der Waals surface area contributed by atoms with E-state index in [1.54, 1.807) is 13.0 Å². The SMILES string of the molecule is Cc1cc(N2CCC(N)CC2C)c([N+](=O)[O-])cc1F. The number of halogens is 1. The topological polar surface area (TPSA) is 72.4 Å². The highest BCUT2D eigenvalue weighted by molar-refractivity contribution is 5.65. The lowest BCUT2D eigenvalue weighted by Gasteiger charge is -2.37. The van der Waals surface area contributed by atoms with Crippen LogP contribution in [-0.2, 0) is 0 Å². The van der Waals surface area contributed by atoms with Crippen molar-refractivity contribution in [1.29, 1.82) is 0 Å². The lowest BCUT2D eigenvalue weighted by molar-refractivity contribution is -0.384. The summed E-state index contributed by atoms with van der Waals surface area (Å²) >= 11 is 0. The number of nitrogens with zero attached hydrogens (tertiary/aromatic N) is 2. The van der Waals surface area contributed by atoms with Crippen molar-refractivity contribution in [2.24, 2.45) is 5.73 Å². The van der Waals surface area contributed by atoms with Gasteiger partial charge in [-0.05, 0) is 38.3 Å². The molecular weight excluding hydrogens is 249 g/mol. The Kier molecular flexibility index (Phi) is 3.71. The van der Waals surface area contributed by atoms with Crippen molar-refractivity contribution in [3.63, 3.8) is 0 Å². The standard InChI is InChI=1S/C13H18FN3O2/c1-8-5-12(13(17(18)19)7-11(8)14)16-4-3-10(15)6-9(16)2/h5,7,9-10H,3-4,6,15H2,1-2H3. The molecule has 0 saturated carbocycles. The first kappa shape index (κ1) is 13.7. The van der Waals surface area contributed by atoms with Crippen LogP contribution in [0, 0.1) is 22.9 Å². The van der Waals surface area contributed by atoms with Crippen LogP contribution in [0.2, 0.25) is 0 Å². The average molecular weight is 267 g/mol. The number of aryl methyl sites for hydroxylation is 1. The largest absolute Gasteiger partial charge is 0.363 e. The van der Waals surface area contributed by atoms with E-state index in [9.17, 15) is 14.5 Å². The number of benzene rings is 1. The Morgan fingerprint density at radius 1 is 1.53 bits per heavy atom. The van der Waals surface area contributed by atoms with Crippen LogP contribution in [0.3, 0.4) is 0 Å². The quantitative estimate of drug-likeness (QED) is 0.659. The van der Waals surface area contributed by atoms with Crippen molar-refractivity contribution in [2.75, 3.05) is 11.4 Å². The van der Waals surface area contributed by atoms with E-state index < -0.39 is 10.7 Å². The molecule has 1 aromatic carbocycles. The summed E-state index contributed by atoms with van der Waals surface area (Å²) in [4.78, 5) is 12.5. The zero-order chi connectivity index (χ0) is 14.2. The van der Waals surface area contributed by atoms with Gasteiger partial charge in [-0.15, -0.1) is 0 Å². The molecule has 6 heteroatoms. The summed E-state index contributed by atoms with van der Waals surface area (Å²) in [6.45, 7) is 4.26. The van der Waals surface area contributed by atoms with Crippen LogP contribution in [0.25, 0.3) is 0 Å². The molecule has 1 saturated heterocycles. The molecule has 0 radical (unpaired) electrons. The molecule has 1 heterocycles. The van der Waals surface area contributed by atoms with E-state index in [4.69, 9.17) is 5.73 Å². The van der Waals surface area contributed by atoms with Crippen molar-refractivity contribution in [3.8, 4) is 0 Å². The van der Waals surface area contributed by atoms with Crippen LogP contribution in [0.15, 0.2) is 12.1 Å². The monoisotopic (exact) mass is 267 g/mol. The summed E-state index contributed by atoms with van der Waals surface area (Å²) in [5, 5.41) is 11.1. The fraction of sp³-hybridized carbons (Fsp3) is 0.538. The summed E-state index contributed by atoms with van der Waals surface area (Å²) in [5.41, 5.74) is 6.63. The van der Waals surface area contributed by atoms with Crippen molar-refractivity contribution in [2.45, 2.75) is 38.8 Å². The molecule has 0 amide bonds. The highest BCUT2D eigenvalue weighted by atomic mass is 19.1. The Morgan fingerprint density at radius 3 is 2.79 bits per heavy atom. The molecule has 2 unspecified atom stereocenters. The Balaban J connectivity index is 2.43. The predicted molar refractivity (Wildman–Crippen MR) is 71.8 cm³/mol. The third-order valence-electron chi connectivity index (χ3n) is 3.68. The van der Waals surface area contributed by atoms with Gasteiger partial charge in [-0.25, -0.2) is 4.39 Å². The fourth-order valence-electron chi connectivity index (χ4n) is 2.60. The van der Waals surface area contributed by atoms with E-state index in [-0.39, 0.29) is 17.8 Å². The summed E-state index contributed by atoms with van der Waals surface area (Å²) in [5.74, 6) is -0.545. The maximum Gasteiger partial charge on any atom is 0.295 e. The van der Waals surface area contributed by atoms with Crippen molar-refractivity contribution in [3.05, 3.63) is 33.6 Å². The molecule has 104 valence electrons. The molecule has 1 aliphatic rings. The fourth-order valence-corrected chi connectivity index (χ4v) is 2.60. The lowest BCUT2D eigenvalue weighted by atomic mass is 9.97. The number of anilines is 1. The van der Waals surface area contributed by atoms with Crippen LogP contribution in [0.5, 0.6) is 0 Å². The number of hydrogen-bond acceptors (Lipinski definition) is 4. The first-order valence-corrected chi connectivity index (χ1v) is 6.37. The minimum atomic E-state index is -0.545. The molecule has 2 atom stereocenters. The average Bonchev–Trinajstić information content (AvgIpc) is 2.32. The molecule has 1 aromatic rings. The first-order valence-electron chi connectivity index (χ1n) is 6.37. The third kappa shape index (κ3) is 2.68. The number of nitro benzene ring substituents is 1. The Bertz CT molecular complexity index is 507. The Morgan fingerprint density at radius 2 is 2.21 bits per heavy atom. The molecule has 0 aliphatic carbocycles. The number of rotatable bonds is 2. The zero-order valence-electron chi connectivity index (χ0n) is 11.1. The molecule has 5 nitrogen and oxygen atoms in total. The van der Waals surface area contributed by atoms with Gasteiger partial charge in [-0.1, -0.05) is 0 Å². The lowest BCUT2D eigenvalue weighted by Crippen LogP contribution is -2.45. The van der Waals surface area contributed by atoms with Gasteiger partial charge >= 0.3 is 0 Å². The van der Waals surface area contributed by atoms with Crippen molar-refractivity contribution < 1.29 is 9.31 Å². The van der Waals surface area contributed by atoms with E-state index >= 15 is 0 Å². The molecule has 2 rings (SSSR count). The number of hydrogen-bond donors (Lipinski definition) is 1. The summed E-state index contributed by atoms with van der Waals surface area (Å²) in [7, 11) is 0. The highest BCUT2D eigenvalue weighted by Crippen LogP contribution is 2.34. The molecule has 0 spiro atoms. The van der Waals surface area contributed by atoms with Crippen molar-refractivity contribution >= 4 is 11.4 Å². The third-order valence-corrected chi connectivity index (χ3v) is 3.68. The van der Waals surface area contributed by atoms with Crippen LogP contribution >= 0.6 is 0 Å². The van der Waals surface area contributed by atoms with Gasteiger partial charge in [-0.3, -0.25) is 10.1 Å². The van der Waals surface area contributed by atoms with Crippen molar-refractivity contribution in [1.82, 2.24) is 0 Å². The molecule has 0 bridgehead atoms. The normalized spacial score (nSPS) is 23.5. The van der Waals surface area contributed by atoms with Gasteiger partial charge in [0, 0.05) is 18.6 Å². The van der Waals surface area contributed by atoms with Crippen LogP contribution in [0.4, 0.5) is 15.8 Å². The van der Waals surface area contributed by atoms with Crippen LogP contribution in [-0.4, -0.2) is 23.6 Å². The molecule has 0 aromatic heterocycles. The zero-order valence-corrected chi connectivity index (χ0v) is 11.1. The molecule has 1 fully saturated rings. The van der Waals surface area contributed by atoms with Gasteiger partial charge in [0.2, 0.25) is 0 Å². The molecule has 1 aliphatic heterocycles. The van der Waals surface area contributed by atoms with Gasteiger partial charge < -0.3 is 10.6 Å². The van der Waals surface area contributed by atoms with E-state index in [1.807, 2.05) is 11.8 Å². The Hall–Kier alpha value is -1.69. The maximum atomic E-state index is 13.5. The van der Waals surface area contributed by atoms with E-state index in [1.165, 1.54) is 0 Å². The number of nitrogens with two attached hydrogens (primary N) is 1. The number of piperidine rings is 1. The minimum absolute atomic E-state index is 0.118. The maximum absolute atomic E-state index is 13.5. The second kappa shape index (κ2) is 5.13. The Labute approximate surface area is 111 Å². The van der Waals surface area contributed by atoms with E-state index in [0.717, 1.165) is 18.9 Å². The number of nitro groups is 1. The smallest absolute Gasteiger partial charge is 0.295 e. The van der Waals surface area contributed by atoms with Gasteiger partial charge in [-0.2, -0.15) is 0 Å². The second-order valence-corrected chi connectivity index (χ2v) is 5.17. The van der Waals surface area contributed by atoms with Crippen LogP contribution in [0.1, 0.15) is 25.3 Å². The van der Waals surface area contributed by atoms with Gasteiger partial charge in [0.05, 0.1) is 11.0 Å². The van der Waals surface area contributed by atoms with Crippen LogP contribution < -0.4 is 10.6 Å². The molecular formula is C13H18FN3O2. The molecule has 19 heavy (non-hydrogen) atoms.